The van der Waals surface area contributed by atoms with Gasteiger partial charge in [0.1, 0.15) is 5.25 Å². The number of thioether (sulfide) groups is 1. The Hall–Kier alpha value is -3.05. The van der Waals surface area contributed by atoms with Crippen molar-refractivity contribution in [3.63, 3.8) is 0 Å². The van der Waals surface area contributed by atoms with Gasteiger partial charge >= 0.3 is 0 Å². The van der Waals surface area contributed by atoms with E-state index < -0.39 is 5.25 Å². The molecule has 0 aromatic heterocycles. The van der Waals surface area contributed by atoms with Gasteiger partial charge in [-0.2, -0.15) is 0 Å². The van der Waals surface area contributed by atoms with Gasteiger partial charge in [0, 0.05) is 22.7 Å². The van der Waals surface area contributed by atoms with Gasteiger partial charge in [-0.3, -0.25) is 9.59 Å². The van der Waals surface area contributed by atoms with Crippen LogP contribution in [-0.4, -0.2) is 11.8 Å². The first-order valence-electron chi connectivity index (χ1n) is 10.0. The van der Waals surface area contributed by atoms with Crippen molar-refractivity contribution in [1.82, 2.24) is 0 Å². The van der Waals surface area contributed by atoms with E-state index in [0.29, 0.717) is 6.42 Å². The monoisotopic (exact) mass is 418 g/mol. The van der Waals surface area contributed by atoms with E-state index in [1.54, 1.807) is 0 Å². The molecule has 0 fully saturated rings. The number of hydrogen-bond donors (Lipinski definition) is 2. The van der Waals surface area contributed by atoms with Gasteiger partial charge in [-0.05, 0) is 48.7 Å². The standard InChI is InChI=1S/C25H26N2O2S/c1-3-10-23(28)26-20-14-9-15-21(17-20)30-24(19-12-5-4-6-13-19)25(29)27-22-16-8-7-11-18(22)2/h4-9,11-17,24H,3,10H2,1-2H3,(H,26,28)(H,27,29). The number of hydrogen-bond acceptors (Lipinski definition) is 3. The SMILES string of the molecule is CCCC(=O)Nc1cccc(SC(C(=O)Nc2ccccc2C)c2ccccc2)c1. The molecule has 0 aliphatic carbocycles. The third-order valence-electron chi connectivity index (χ3n) is 4.59. The molecule has 154 valence electrons. The molecule has 0 radical (unpaired) electrons. The van der Waals surface area contributed by atoms with E-state index >= 15 is 0 Å². The molecule has 4 nitrogen and oxygen atoms in total. The van der Waals surface area contributed by atoms with Crippen molar-refractivity contribution in [3.8, 4) is 0 Å². The normalized spacial score (nSPS) is 11.5. The second kappa shape index (κ2) is 10.6. The van der Waals surface area contributed by atoms with Gasteiger partial charge in [-0.25, -0.2) is 0 Å². The van der Waals surface area contributed by atoms with Gasteiger partial charge in [0.2, 0.25) is 11.8 Å². The molecular formula is C25H26N2O2S. The highest BCUT2D eigenvalue weighted by Crippen LogP contribution is 2.37. The van der Waals surface area contributed by atoms with Gasteiger partial charge < -0.3 is 10.6 Å². The minimum absolute atomic E-state index is 0.00319. The van der Waals surface area contributed by atoms with Crippen molar-refractivity contribution in [3.05, 3.63) is 90.0 Å². The summed E-state index contributed by atoms with van der Waals surface area (Å²) in [6.45, 7) is 3.95. The number of carbonyl (C=O) groups excluding carboxylic acids is 2. The van der Waals surface area contributed by atoms with Gasteiger partial charge in [-0.15, -0.1) is 11.8 Å². The minimum atomic E-state index is -0.424. The van der Waals surface area contributed by atoms with E-state index in [-0.39, 0.29) is 11.8 Å². The van der Waals surface area contributed by atoms with Crippen LogP contribution < -0.4 is 10.6 Å². The third-order valence-corrected chi connectivity index (χ3v) is 5.84. The fourth-order valence-corrected chi connectivity index (χ4v) is 4.13. The fraction of sp³-hybridized carbons (Fsp3) is 0.200. The topological polar surface area (TPSA) is 58.2 Å². The predicted octanol–water partition coefficient (Wildman–Crippen LogP) is 6.21. The molecule has 2 amide bonds. The maximum absolute atomic E-state index is 13.2. The van der Waals surface area contributed by atoms with Crippen LogP contribution in [0.2, 0.25) is 0 Å². The van der Waals surface area contributed by atoms with Gasteiger partial charge in [0.05, 0.1) is 0 Å². The lowest BCUT2D eigenvalue weighted by Crippen LogP contribution is -2.19. The first-order valence-corrected chi connectivity index (χ1v) is 10.9. The zero-order chi connectivity index (χ0) is 21.3. The number of benzene rings is 3. The summed E-state index contributed by atoms with van der Waals surface area (Å²) >= 11 is 1.47. The summed E-state index contributed by atoms with van der Waals surface area (Å²) in [5, 5.41) is 5.56. The van der Waals surface area contributed by atoms with Crippen LogP contribution in [0.5, 0.6) is 0 Å². The number of amides is 2. The average Bonchev–Trinajstić information content (AvgIpc) is 2.74. The van der Waals surface area contributed by atoms with Gasteiger partial charge in [0.25, 0.3) is 0 Å². The molecule has 3 aromatic carbocycles. The Labute approximate surface area is 182 Å². The molecule has 2 N–H and O–H groups in total. The lowest BCUT2D eigenvalue weighted by molar-refractivity contribution is -0.116. The van der Waals surface area contributed by atoms with Crippen molar-refractivity contribution in [2.24, 2.45) is 0 Å². The smallest absolute Gasteiger partial charge is 0.242 e. The van der Waals surface area contributed by atoms with E-state index in [9.17, 15) is 9.59 Å². The second-order valence-electron chi connectivity index (χ2n) is 7.04. The Bertz CT molecular complexity index is 1000. The summed E-state index contributed by atoms with van der Waals surface area (Å²) in [6, 6.07) is 25.1. The van der Waals surface area contributed by atoms with Crippen molar-refractivity contribution >= 4 is 35.0 Å². The quantitative estimate of drug-likeness (QED) is 0.428. The molecule has 1 atom stereocenters. The van der Waals surface area contributed by atoms with Crippen molar-refractivity contribution < 1.29 is 9.59 Å². The molecule has 3 aromatic rings. The Morgan fingerprint density at radius 1 is 0.900 bits per heavy atom. The Balaban J connectivity index is 1.83. The molecule has 0 aliphatic rings. The molecule has 1 unspecified atom stereocenters. The summed E-state index contributed by atoms with van der Waals surface area (Å²) in [6.07, 6.45) is 1.29. The fourth-order valence-electron chi connectivity index (χ4n) is 3.05. The number of para-hydroxylation sites is 1. The summed E-state index contributed by atoms with van der Waals surface area (Å²) in [4.78, 5) is 26.1. The lowest BCUT2D eigenvalue weighted by Gasteiger charge is -2.18. The minimum Gasteiger partial charge on any atom is -0.326 e. The highest BCUT2D eigenvalue weighted by Gasteiger charge is 2.22. The van der Waals surface area contributed by atoms with Crippen LogP contribution >= 0.6 is 11.8 Å². The maximum atomic E-state index is 13.2. The summed E-state index contributed by atoms with van der Waals surface area (Å²) < 4.78 is 0. The highest BCUT2D eigenvalue weighted by molar-refractivity contribution is 8.00. The Kier molecular flexibility index (Phi) is 7.69. The van der Waals surface area contributed by atoms with E-state index in [1.807, 2.05) is 92.7 Å². The van der Waals surface area contributed by atoms with E-state index in [4.69, 9.17) is 0 Å². The summed E-state index contributed by atoms with van der Waals surface area (Å²) in [5.41, 5.74) is 3.49. The maximum Gasteiger partial charge on any atom is 0.242 e. The molecular weight excluding hydrogens is 392 g/mol. The van der Waals surface area contributed by atoms with Crippen LogP contribution in [0.1, 0.15) is 36.1 Å². The summed E-state index contributed by atoms with van der Waals surface area (Å²) in [7, 11) is 0. The summed E-state index contributed by atoms with van der Waals surface area (Å²) in [5.74, 6) is -0.0857. The molecule has 0 saturated carbocycles. The lowest BCUT2D eigenvalue weighted by atomic mass is 10.1. The van der Waals surface area contributed by atoms with Crippen LogP contribution in [0, 0.1) is 6.92 Å². The second-order valence-corrected chi connectivity index (χ2v) is 8.22. The number of rotatable bonds is 8. The highest BCUT2D eigenvalue weighted by atomic mass is 32.2. The zero-order valence-corrected chi connectivity index (χ0v) is 18.0. The first kappa shape index (κ1) is 21.7. The van der Waals surface area contributed by atoms with E-state index in [1.165, 1.54) is 11.8 Å². The number of nitrogens with one attached hydrogen (secondary N) is 2. The van der Waals surface area contributed by atoms with Gasteiger partial charge in [-0.1, -0.05) is 61.5 Å². The number of carbonyl (C=O) groups is 2. The van der Waals surface area contributed by atoms with Crippen LogP contribution in [0.15, 0.2) is 83.8 Å². The van der Waals surface area contributed by atoms with E-state index in [2.05, 4.69) is 10.6 Å². The third kappa shape index (κ3) is 5.97. The van der Waals surface area contributed by atoms with Crippen LogP contribution in [0.4, 0.5) is 11.4 Å². The predicted molar refractivity (Wildman–Crippen MR) is 125 cm³/mol. The van der Waals surface area contributed by atoms with Crippen LogP contribution in [0.25, 0.3) is 0 Å². The zero-order valence-electron chi connectivity index (χ0n) is 17.2. The molecule has 0 bridgehead atoms. The van der Waals surface area contributed by atoms with Crippen molar-refractivity contribution in [2.45, 2.75) is 36.8 Å². The van der Waals surface area contributed by atoms with Crippen molar-refractivity contribution in [2.75, 3.05) is 10.6 Å². The van der Waals surface area contributed by atoms with Gasteiger partial charge in [0.15, 0.2) is 0 Å². The Morgan fingerprint density at radius 2 is 1.63 bits per heavy atom. The molecule has 0 spiro atoms. The molecule has 0 aliphatic heterocycles. The largest absolute Gasteiger partial charge is 0.326 e. The molecule has 0 saturated heterocycles. The van der Waals surface area contributed by atoms with Crippen LogP contribution in [0.3, 0.4) is 0 Å². The molecule has 0 heterocycles. The van der Waals surface area contributed by atoms with Crippen LogP contribution in [-0.2, 0) is 9.59 Å². The Morgan fingerprint density at radius 3 is 2.37 bits per heavy atom. The van der Waals surface area contributed by atoms with E-state index in [0.717, 1.165) is 33.8 Å². The molecule has 3 rings (SSSR count). The molecule has 30 heavy (non-hydrogen) atoms. The number of aryl methyl sites for hydroxylation is 1. The average molecular weight is 419 g/mol. The van der Waals surface area contributed by atoms with Crippen molar-refractivity contribution in [1.29, 1.82) is 0 Å². The first-order chi connectivity index (χ1) is 14.6. The molecule has 5 heteroatoms. The number of anilines is 2.